The summed E-state index contributed by atoms with van der Waals surface area (Å²) in [6.07, 6.45) is 5.78. The lowest BCUT2D eigenvalue weighted by Crippen LogP contribution is -2.41. The molecule has 0 rings (SSSR count). The van der Waals surface area contributed by atoms with Gasteiger partial charge in [0.1, 0.15) is 0 Å². The molecule has 0 spiro atoms. The maximum atomic E-state index is 12.3. The SMILES string of the molecule is COC(=O)C(CCCCC(C)C)(CCCC(C)C)C(=O)OC. The lowest BCUT2D eigenvalue weighted by Gasteiger charge is -2.28. The predicted molar refractivity (Wildman–Crippen MR) is 88.5 cm³/mol. The van der Waals surface area contributed by atoms with E-state index in [1.165, 1.54) is 14.2 Å². The van der Waals surface area contributed by atoms with E-state index in [9.17, 15) is 9.59 Å². The number of unbranched alkanes of at least 4 members (excludes halogenated alkanes) is 1. The number of methoxy groups -OCH3 is 2. The molecule has 0 bridgehead atoms. The monoisotopic (exact) mass is 314 g/mol. The second-order valence-corrected chi connectivity index (χ2v) is 6.99. The molecule has 0 heterocycles. The van der Waals surface area contributed by atoms with Gasteiger partial charge in [-0.25, -0.2) is 0 Å². The van der Waals surface area contributed by atoms with Gasteiger partial charge in [-0.3, -0.25) is 9.59 Å². The molecule has 0 aromatic carbocycles. The summed E-state index contributed by atoms with van der Waals surface area (Å²) in [5.41, 5.74) is -1.13. The first kappa shape index (κ1) is 20.9. The minimum Gasteiger partial charge on any atom is -0.468 e. The van der Waals surface area contributed by atoms with E-state index in [2.05, 4.69) is 27.7 Å². The molecule has 0 amide bonds. The number of carbonyl (C=O) groups is 2. The summed E-state index contributed by atoms with van der Waals surface area (Å²) in [6, 6.07) is 0. The Morgan fingerprint density at radius 3 is 1.59 bits per heavy atom. The Labute approximate surface area is 135 Å². The molecule has 0 N–H and O–H groups in total. The van der Waals surface area contributed by atoms with Gasteiger partial charge in [0.05, 0.1) is 14.2 Å². The first-order valence-electron chi connectivity index (χ1n) is 8.47. The number of hydrogen-bond donors (Lipinski definition) is 0. The van der Waals surface area contributed by atoms with Crippen LogP contribution in [0.2, 0.25) is 0 Å². The minimum absolute atomic E-state index is 0.451. The van der Waals surface area contributed by atoms with Crippen molar-refractivity contribution < 1.29 is 19.1 Å². The standard InChI is InChI=1S/C18H34O4/c1-14(2)10-7-8-12-18(16(19)21-5,17(20)22-6)13-9-11-15(3)4/h14-15H,7-13H2,1-6H3. The van der Waals surface area contributed by atoms with Gasteiger partial charge in [0.25, 0.3) is 0 Å². The molecule has 0 aromatic rings. The molecule has 0 aliphatic heterocycles. The van der Waals surface area contributed by atoms with E-state index in [0.717, 1.165) is 32.1 Å². The van der Waals surface area contributed by atoms with Crippen LogP contribution in [-0.4, -0.2) is 26.2 Å². The van der Waals surface area contributed by atoms with Gasteiger partial charge < -0.3 is 9.47 Å². The van der Waals surface area contributed by atoms with Crippen LogP contribution in [0.3, 0.4) is 0 Å². The summed E-state index contributed by atoms with van der Waals surface area (Å²) in [5, 5.41) is 0. The Bertz CT molecular complexity index is 318. The van der Waals surface area contributed by atoms with Gasteiger partial charge in [0, 0.05) is 0 Å². The average Bonchev–Trinajstić information content (AvgIpc) is 2.47. The smallest absolute Gasteiger partial charge is 0.323 e. The zero-order chi connectivity index (χ0) is 17.2. The summed E-state index contributed by atoms with van der Waals surface area (Å²) in [5.74, 6) is 0.279. The highest BCUT2D eigenvalue weighted by Crippen LogP contribution is 2.35. The van der Waals surface area contributed by atoms with E-state index < -0.39 is 17.4 Å². The Hall–Kier alpha value is -1.06. The fourth-order valence-electron chi connectivity index (χ4n) is 2.80. The summed E-state index contributed by atoms with van der Waals surface area (Å²) < 4.78 is 9.87. The van der Waals surface area contributed by atoms with Gasteiger partial charge in [-0.05, 0) is 24.7 Å². The third kappa shape index (κ3) is 6.80. The second kappa shape index (κ2) is 10.6. The zero-order valence-corrected chi connectivity index (χ0v) is 15.2. The molecule has 22 heavy (non-hydrogen) atoms. The van der Waals surface area contributed by atoms with E-state index in [0.29, 0.717) is 24.7 Å². The second-order valence-electron chi connectivity index (χ2n) is 6.99. The molecule has 0 saturated carbocycles. The predicted octanol–water partition coefficient (Wildman–Crippen LogP) is 4.36. The van der Waals surface area contributed by atoms with Crippen molar-refractivity contribution in [2.75, 3.05) is 14.2 Å². The van der Waals surface area contributed by atoms with Crippen molar-refractivity contribution in [3.05, 3.63) is 0 Å². The van der Waals surface area contributed by atoms with Crippen LogP contribution in [0.1, 0.15) is 72.6 Å². The third-order valence-corrected chi connectivity index (χ3v) is 4.17. The van der Waals surface area contributed by atoms with Crippen molar-refractivity contribution in [3.8, 4) is 0 Å². The highest BCUT2D eigenvalue weighted by molar-refractivity contribution is 5.99. The van der Waals surface area contributed by atoms with Crippen molar-refractivity contribution >= 4 is 11.9 Å². The van der Waals surface area contributed by atoms with Crippen molar-refractivity contribution in [3.63, 3.8) is 0 Å². The van der Waals surface area contributed by atoms with Crippen LogP contribution in [0.15, 0.2) is 0 Å². The van der Waals surface area contributed by atoms with Crippen LogP contribution in [0, 0.1) is 17.3 Å². The molecule has 4 heteroatoms. The maximum absolute atomic E-state index is 12.3. The first-order chi connectivity index (χ1) is 10.3. The Morgan fingerprint density at radius 2 is 1.18 bits per heavy atom. The molecule has 0 aliphatic rings. The van der Waals surface area contributed by atoms with E-state index in [4.69, 9.17) is 9.47 Å². The number of carbonyl (C=O) groups excluding carboxylic acids is 2. The molecule has 0 fully saturated rings. The topological polar surface area (TPSA) is 52.6 Å². The van der Waals surface area contributed by atoms with Crippen LogP contribution in [0.4, 0.5) is 0 Å². The molecule has 0 aliphatic carbocycles. The van der Waals surface area contributed by atoms with E-state index >= 15 is 0 Å². The molecule has 4 nitrogen and oxygen atoms in total. The molecule has 0 atom stereocenters. The van der Waals surface area contributed by atoms with E-state index in [1.54, 1.807) is 0 Å². The summed E-state index contributed by atoms with van der Waals surface area (Å²) in [7, 11) is 2.69. The lowest BCUT2D eigenvalue weighted by molar-refractivity contribution is -0.170. The van der Waals surface area contributed by atoms with Crippen molar-refractivity contribution in [1.29, 1.82) is 0 Å². The molecular weight excluding hydrogens is 280 g/mol. The molecule has 0 saturated heterocycles. The molecule has 0 radical (unpaired) electrons. The largest absolute Gasteiger partial charge is 0.468 e. The van der Waals surface area contributed by atoms with Crippen LogP contribution >= 0.6 is 0 Å². The van der Waals surface area contributed by atoms with Gasteiger partial charge in [0.15, 0.2) is 5.41 Å². The van der Waals surface area contributed by atoms with Crippen LogP contribution in [0.5, 0.6) is 0 Å². The zero-order valence-electron chi connectivity index (χ0n) is 15.2. The Balaban J connectivity index is 4.95. The molecule has 130 valence electrons. The van der Waals surface area contributed by atoms with E-state index in [1.807, 2.05) is 0 Å². The van der Waals surface area contributed by atoms with Crippen molar-refractivity contribution in [2.45, 2.75) is 72.6 Å². The van der Waals surface area contributed by atoms with Crippen molar-refractivity contribution in [1.82, 2.24) is 0 Å². The number of hydrogen-bond acceptors (Lipinski definition) is 4. The Kier molecular flexibility index (Phi) is 10.1. The van der Waals surface area contributed by atoms with E-state index in [-0.39, 0.29) is 0 Å². The fourth-order valence-corrected chi connectivity index (χ4v) is 2.80. The highest BCUT2D eigenvalue weighted by Gasteiger charge is 2.47. The van der Waals surface area contributed by atoms with Crippen LogP contribution in [-0.2, 0) is 19.1 Å². The molecular formula is C18H34O4. The number of rotatable bonds is 11. The third-order valence-electron chi connectivity index (χ3n) is 4.17. The van der Waals surface area contributed by atoms with Crippen molar-refractivity contribution in [2.24, 2.45) is 17.3 Å². The Morgan fingerprint density at radius 1 is 0.773 bits per heavy atom. The fraction of sp³-hybridized carbons (Fsp3) is 0.889. The van der Waals surface area contributed by atoms with Gasteiger partial charge >= 0.3 is 11.9 Å². The van der Waals surface area contributed by atoms with Gasteiger partial charge in [-0.1, -0.05) is 59.8 Å². The van der Waals surface area contributed by atoms with Gasteiger partial charge in [-0.2, -0.15) is 0 Å². The normalized spacial score (nSPS) is 11.8. The summed E-state index contributed by atoms with van der Waals surface area (Å²) in [4.78, 5) is 24.6. The quantitative estimate of drug-likeness (QED) is 0.323. The van der Waals surface area contributed by atoms with Gasteiger partial charge in [0.2, 0.25) is 0 Å². The lowest BCUT2D eigenvalue weighted by atomic mass is 9.77. The van der Waals surface area contributed by atoms with Crippen LogP contribution in [0.25, 0.3) is 0 Å². The maximum Gasteiger partial charge on any atom is 0.323 e. The molecule has 0 aromatic heterocycles. The summed E-state index contributed by atoms with van der Waals surface area (Å²) >= 11 is 0. The average molecular weight is 314 g/mol. The first-order valence-corrected chi connectivity index (χ1v) is 8.47. The van der Waals surface area contributed by atoms with Crippen LogP contribution < -0.4 is 0 Å². The molecule has 0 unspecified atom stereocenters. The van der Waals surface area contributed by atoms with Gasteiger partial charge in [-0.15, -0.1) is 0 Å². The number of esters is 2. The highest BCUT2D eigenvalue weighted by atomic mass is 16.5. The minimum atomic E-state index is -1.13. The number of ether oxygens (including phenoxy) is 2. The summed E-state index contributed by atoms with van der Waals surface area (Å²) in [6.45, 7) is 8.63.